The number of hydrogen-bond donors (Lipinski definition) is 0. The SMILES string of the molecule is O=C1[C@@H]2[C@@H]3CC[C@@H]([C@H]4C[C@H]43)[C@@H]2C(=O)N1c1cc(C(F)(F)F)ccc1Cl. The molecule has 1 aliphatic heterocycles. The van der Waals surface area contributed by atoms with Crippen molar-refractivity contribution >= 4 is 29.1 Å². The Balaban J connectivity index is 1.58. The third-order valence-electron chi connectivity index (χ3n) is 6.66. The van der Waals surface area contributed by atoms with Crippen LogP contribution in [0.25, 0.3) is 0 Å². The van der Waals surface area contributed by atoms with Crippen molar-refractivity contribution in [2.24, 2.45) is 35.5 Å². The van der Waals surface area contributed by atoms with E-state index in [2.05, 4.69) is 0 Å². The minimum atomic E-state index is -4.56. The van der Waals surface area contributed by atoms with E-state index in [4.69, 9.17) is 11.6 Å². The van der Waals surface area contributed by atoms with Gasteiger partial charge in [0.1, 0.15) is 0 Å². The molecule has 6 atom stereocenters. The van der Waals surface area contributed by atoms with Crippen molar-refractivity contribution in [3.8, 4) is 0 Å². The number of halogens is 4. The highest BCUT2D eigenvalue weighted by Crippen LogP contribution is 2.68. The van der Waals surface area contributed by atoms with Gasteiger partial charge in [-0.3, -0.25) is 9.59 Å². The third kappa shape index (κ3) is 2.00. The second-order valence-corrected chi connectivity index (χ2v) is 8.10. The average Bonchev–Trinajstić information content (AvgIpc) is 3.32. The van der Waals surface area contributed by atoms with Crippen LogP contribution in [0, 0.1) is 35.5 Å². The Morgan fingerprint density at radius 3 is 2.04 bits per heavy atom. The molecule has 0 spiro atoms. The van der Waals surface area contributed by atoms with Crippen molar-refractivity contribution in [1.82, 2.24) is 0 Å². The molecule has 1 aromatic carbocycles. The third-order valence-corrected chi connectivity index (χ3v) is 6.98. The number of benzene rings is 1. The lowest BCUT2D eigenvalue weighted by atomic mass is 9.59. The van der Waals surface area contributed by atoms with E-state index in [9.17, 15) is 22.8 Å². The Bertz CT molecular complexity index is 774. The van der Waals surface area contributed by atoms with Crippen LogP contribution in [0.5, 0.6) is 0 Å². The van der Waals surface area contributed by atoms with Crippen LogP contribution in [0.2, 0.25) is 5.02 Å². The van der Waals surface area contributed by atoms with Gasteiger partial charge in [0, 0.05) is 0 Å². The number of imide groups is 1. The normalized spacial score (nSPS) is 38.8. The fraction of sp³-hybridized carbons (Fsp3) is 0.556. The first-order valence-corrected chi connectivity index (χ1v) is 8.91. The molecule has 2 bridgehead atoms. The minimum Gasteiger partial charge on any atom is -0.274 e. The monoisotopic (exact) mass is 369 g/mol. The predicted molar refractivity (Wildman–Crippen MR) is 83.7 cm³/mol. The van der Waals surface area contributed by atoms with E-state index in [1.807, 2.05) is 0 Å². The summed E-state index contributed by atoms with van der Waals surface area (Å²) in [5, 5.41) is -0.00847. The highest BCUT2D eigenvalue weighted by atomic mass is 35.5. The number of fused-ring (bicyclic) bond motifs is 1. The maximum absolute atomic E-state index is 13.0. The topological polar surface area (TPSA) is 37.4 Å². The van der Waals surface area contributed by atoms with E-state index >= 15 is 0 Å². The van der Waals surface area contributed by atoms with Gasteiger partial charge >= 0.3 is 6.18 Å². The molecule has 0 N–H and O–H groups in total. The molecule has 1 heterocycles. The Kier molecular flexibility index (Phi) is 3.00. The number of nitrogens with zero attached hydrogens (tertiary/aromatic N) is 1. The molecule has 25 heavy (non-hydrogen) atoms. The van der Waals surface area contributed by atoms with Crippen LogP contribution in [0.1, 0.15) is 24.8 Å². The van der Waals surface area contributed by atoms with Crippen molar-refractivity contribution in [2.75, 3.05) is 4.90 Å². The number of alkyl halides is 3. The molecule has 5 aliphatic rings. The van der Waals surface area contributed by atoms with Crippen LogP contribution in [0.4, 0.5) is 18.9 Å². The Morgan fingerprint density at radius 2 is 1.52 bits per heavy atom. The molecule has 3 nitrogen and oxygen atoms in total. The van der Waals surface area contributed by atoms with Crippen LogP contribution in [-0.2, 0) is 15.8 Å². The zero-order valence-electron chi connectivity index (χ0n) is 13.1. The van der Waals surface area contributed by atoms with E-state index in [0.717, 1.165) is 42.4 Å². The second kappa shape index (κ2) is 4.78. The lowest BCUT2D eigenvalue weighted by molar-refractivity contribution is -0.137. The molecule has 1 aromatic rings. The van der Waals surface area contributed by atoms with Crippen molar-refractivity contribution in [2.45, 2.75) is 25.4 Å². The fourth-order valence-electron chi connectivity index (χ4n) is 5.64. The molecule has 7 heteroatoms. The maximum atomic E-state index is 13.0. The number of carbonyl (C=O) groups excluding carboxylic acids is 2. The molecule has 4 saturated carbocycles. The van der Waals surface area contributed by atoms with E-state index < -0.39 is 11.7 Å². The summed E-state index contributed by atoms with van der Waals surface area (Å²) < 4.78 is 39.1. The predicted octanol–water partition coefficient (Wildman–Crippen LogP) is 4.14. The Labute approximate surface area is 147 Å². The Hall–Kier alpha value is -1.56. The lowest BCUT2D eigenvalue weighted by Crippen LogP contribution is -2.43. The standard InChI is InChI=1S/C18H15ClF3NO2/c19-12-4-1-7(18(20,21)22)5-13(12)23-16(24)14-8-2-3-9(11-6-10(8)11)15(14)17(23)25/h1,4-5,8-11,14-15H,2-3,6H2/t8-,9+,10+,11-,14-,15+. The van der Waals surface area contributed by atoms with Crippen molar-refractivity contribution in [3.63, 3.8) is 0 Å². The average molecular weight is 370 g/mol. The van der Waals surface area contributed by atoms with Crippen molar-refractivity contribution in [3.05, 3.63) is 28.8 Å². The van der Waals surface area contributed by atoms with Gasteiger partial charge in [-0.1, -0.05) is 11.6 Å². The summed E-state index contributed by atoms with van der Waals surface area (Å²) in [7, 11) is 0. The summed E-state index contributed by atoms with van der Waals surface area (Å²) >= 11 is 6.07. The van der Waals surface area contributed by atoms with Crippen LogP contribution >= 0.6 is 11.6 Å². The molecule has 6 rings (SSSR count). The van der Waals surface area contributed by atoms with Gasteiger partial charge in [-0.05, 0) is 61.1 Å². The molecule has 1 saturated heterocycles. The Morgan fingerprint density at radius 1 is 0.960 bits per heavy atom. The zero-order chi connectivity index (χ0) is 17.7. The second-order valence-electron chi connectivity index (χ2n) is 7.70. The van der Waals surface area contributed by atoms with Gasteiger partial charge in [0.2, 0.25) is 11.8 Å². The van der Waals surface area contributed by atoms with Gasteiger partial charge in [-0.2, -0.15) is 13.2 Å². The van der Waals surface area contributed by atoms with Gasteiger partial charge in [0.15, 0.2) is 0 Å². The lowest BCUT2D eigenvalue weighted by Gasteiger charge is -2.42. The highest BCUT2D eigenvalue weighted by Gasteiger charge is 2.68. The summed E-state index contributed by atoms with van der Waals surface area (Å²) in [5.41, 5.74) is -1.04. The maximum Gasteiger partial charge on any atom is 0.416 e. The number of anilines is 1. The first kappa shape index (κ1) is 15.7. The van der Waals surface area contributed by atoms with Gasteiger partial charge in [0.25, 0.3) is 0 Å². The number of carbonyl (C=O) groups is 2. The molecular weight excluding hydrogens is 355 g/mol. The first-order valence-electron chi connectivity index (χ1n) is 8.53. The summed E-state index contributed by atoms with van der Waals surface area (Å²) in [4.78, 5) is 26.9. The summed E-state index contributed by atoms with van der Waals surface area (Å²) in [6, 6.07) is 2.79. The molecular formula is C18H15ClF3NO2. The molecule has 4 aliphatic carbocycles. The molecule has 0 unspecified atom stereocenters. The number of hydrogen-bond acceptors (Lipinski definition) is 2. The van der Waals surface area contributed by atoms with Crippen LogP contribution in [0.15, 0.2) is 18.2 Å². The molecule has 5 fully saturated rings. The molecule has 0 radical (unpaired) electrons. The summed E-state index contributed by atoms with van der Waals surface area (Å²) in [5.74, 6) is -0.0341. The quantitative estimate of drug-likeness (QED) is 0.698. The van der Waals surface area contributed by atoms with Gasteiger partial charge in [0.05, 0.1) is 28.1 Å². The number of rotatable bonds is 1. The highest BCUT2D eigenvalue weighted by molar-refractivity contribution is 6.36. The van der Waals surface area contributed by atoms with Gasteiger partial charge < -0.3 is 0 Å². The van der Waals surface area contributed by atoms with Gasteiger partial charge in [-0.15, -0.1) is 0 Å². The zero-order valence-corrected chi connectivity index (χ0v) is 13.8. The molecule has 132 valence electrons. The van der Waals surface area contributed by atoms with Crippen LogP contribution in [0.3, 0.4) is 0 Å². The minimum absolute atomic E-state index is 0.00847. The number of amides is 2. The first-order chi connectivity index (χ1) is 11.8. The fourth-order valence-corrected chi connectivity index (χ4v) is 5.84. The molecule has 2 amide bonds. The summed E-state index contributed by atoms with van der Waals surface area (Å²) in [6.07, 6.45) is -1.59. The van der Waals surface area contributed by atoms with E-state index in [1.54, 1.807) is 0 Å². The summed E-state index contributed by atoms with van der Waals surface area (Å²) in [6.45, 7) is 0. The van der Waals surface area contributed by atoms with E-state index in [-0.39, 0.29) is 46.2 Å². The van der Waals surface area contributed by atoms with Crippen molar-refractivity contribution < 1.29 is 22.8 Å². The van der Waals surface area contributed by atoms with Crippen LogP contribution < -0.4 is 4.90 Å². The van der Waals surface area contributed by atoms with E-state index in [0.29, 0.717) is 11.8 Å². The largest absolute Gasteiger partial charge is 0.416 e. The molecule has 0 aromatic heterocycles. The van der Waals surface area contributed by atoms with E-state index in [1.165, 1.54) is 0 Å². The van der Waals surface area contributed by atoms with Crippen LogP contribution in [-0.4, -0.2) is 11.8 Å². The smallest absolute Gasteiger partial charge is 0.274 e. The van der Waals surface area contributed by atoms with Gasteiger partial charge in [-0.25, -0.2) is 4.90 Å². The van der Waals surface area contributed by atoms with Crippen molar-refractivity contribution in [1.29, 1.82) is 0 Å².